The SMILES string of the molecule is CCCCCCCNC1CC(OCC)C1. The molecular formula is C13H27NO. The van der Waals surface area contributed by atoms with E-state index in [0.29, 0.717) is 6.10 Å². The molecule has 0 spiro atoms. The first-order valence-corrected chi connectivity index (χ1v) is 6.71. The van der Waals surface area contributed by atoms with Crippen molar-refractivity contribution < 1.29 is 4.74 Å². The second-order valence-corrected chi connectivity index (χ2v) is 4.61. The van der Waals surface area contributed by atoms with Crippen LogP contribution in [0.25, 0.3) is 0 Å². The Bertz CT molecular complexity index is 143. The average molecular weight is 213 g/mol. The highest BCUT2D eigenvalue weighted by Crippen LogP contribution is 2.23. The van der Waals surface area contributed by atoms with Crippen LogP contribution in [0.15, 0.2) is 0 Å². The fourth-order valence-electron chi connectivity index (χ4n) is 2.14. The van der Waals surface area contributed by atoms with Gasteiger partial charge in [-0.05, 0) is 32.7 Å². The highest BCUT2D eigenvalue weighted by atomic mass is 16.5. The van der Waals surface area contributed by atoms with Crippen LogP contribution in [-0.4, -0.2) is 25.3 Å². The Morgan fingerprint density at radius 3 is 2.47 bits per heavy atom. The van der Waals surface area contributed by atoms with E-state index in [1.165, 1.54) is 51.5 Å². The first kappa shape index (κ1) is 13.0. The zero-order valence-electron chi connectivity index (χ0n) is 10.4. The molecule has 1 aliphatic carbocycles. The first-order chi connectivity index (χ1) is 7.36. The van der Waals surface area contributed by atoms with Crippen molar-refractivity contribution in [2.24, 2.45) is 0 Å². The molecular weight excluding hydrogens is 186 g/mol. The Kier molecular flexibility index (Phi) is 7.03. The Hall–Kier alpha value is -0.0800. The molecule has 1 saturated carbocycles. The summed E-state index contributed by atoms with van der Waals surface area (Å²) in [5, 5.41) is 3.60. The van der Waals surface area contributed by atoms with E-state index in [4.69, 9.17) is 4.74 Å². The maximum absolute atomic E-state index is 5.53. The normalized spacial score (nSPS) is 25.2. The number of nitrogens with one attached hydrogen (secondary N) is 1. The lowest BCUT2D eigenvalue weighted by atomic mass is 9.89. The quantitative estimate of drug-likeness (QED) is 0.594. The summed E-state index contributed by atoms with van der Waals surface area (Å²) in [5.41, 5.74) is 0. The Morgan fingerprint density at radius 2 is 1.80 bits per heavy atom. The van der Waals surface area contributed by atoms with E-state index in [-0.39, 0.29) is 0 Å². The summed E-state index contributed by atoms with van der Waals surface area (Å²) in [5.74, 6) is 0. The van der Waals surface area contributed by atoms with Crippen LogP contribution in [0, 0.1) is 0 Å². The topological polar surface area (TPSA) is 21.3 Å². The summed E-state index contributed by atoms with van der Waals surface area (Å²) in [6, 6.07) is 0.743. The maximum Gasteiger partial charge on any atom is 0.0604 e. The first-order valence-electron chi connectivity index (χ1n) is 6.71. The second-order valence-electron chi connectivity index (χ2n) is 4.61. The molecule has 0 aromatic rings. The average Bonchev–Trinajstić information content (AvgIpc) is 2.19. The predicted molar refractivity (Wildman–Crippen MR) is 65.2 cm³/mol. The minimum absolute atomic E-state index is 0.549. The molecule has 0 unspecified atom stereocenters. The fourth-order valence-corrected chi connectivity index (χ4v) is 2.14. The van der Waals surface area contributed by atoms with E-state index < -0.39 is 0 Å². The maximum atomic E-state index is 5.53. The van der Waals surface area contributed by atoms with Gasteiger partial charge in [-0.15, -0.1) is 0 Å². The standard InChI is InChI=1S/C13H27NO/c1-3-5-6-7-8-9-14-12-10-13(11-12)15-4-2/h12-14H,3-11H2,1-2H3. The van der Waals surface area contributed by atoms with Crippen LogP contribution in [0.2, 0.25) is 0 Å². The predicted octanol–water partition coefficient (Wildman–Crippen LogP) is 3.11. The molecule has 2 nitrogen and oxygen atoms in total. The minimum atomic E-state index is 0.549. The monoisotopic (exact) mass is 213 g/mol. The lowest BCUT2D eigenvalue weighted by Crippen LogP contribution is -2.45. The molecule has 0 heterocycles. The van der Waals surface area contributed by atoms with Gasteiger partial charge in [-0.2, -0.15) is 0 Å². The number of rotatable bonds is 9. The van der Waals surface area contributed by atoms with E-state index in [0.717, 1.165) is 12.6 Å². The Morgan fingerprint density at radius 1 is 1.07 bits per heavy atom. The number of hydrogen-bond acceptors (Lipinski definition) is 2. The van der Waals surface area contributed by atoms with Gasteiger partial charge in [0.15, 0.2) is 0 Å². The van der Waals surface area contributed by atoms with Crippen LogP contribution >= 0.6 is 0 Å². The highest BCUT2D eigenvalue weighted by molar-refractivity contribution is 4.85. The molecule has 0 amide bonds. The molecule has 15 heavy (non-hydrogen) atoms. The van der Waals surface area contributed by atoms with Crippen LogP contribution in [0.1, 0.15) is 58.8 Å². The van der Waals surface area contributed by atoms with Gasteiger partial charge in [0, 0.05) is 12.6 Å². The van der Waals surface area contributed by atoms with E-state index in [9.17, 15) is 0 Å². The molecule has 1 aliphatic rings. The lowest BCUT2D eigenvalue weighted by molar-refractivity contribution is -0.00975. The number of ether oxygens (including phenoxy) is 1. The molecule has 2 heteroatoms. The molecule has 0 radical (unpaired) electrons. The van der Waals surface area contributed by atoms with Crippen LogP contribution in [-0.2, 0) is 4.74 Å². The minimum Gasteiger partial charge on any atom is -0.378 e. The third-order valence-corrected chi connectivity index (χ3v) is 3.21. The third kappa shape index (κ3) is 5.53. The Balaban J connectivity index is 1.78. The summed E-state index contributed by atoms with van der Waals surface area (Å²) in [7, 11) is 0. The van der Waals surface area contributed by atoms with Crippen molar-refractivity contribution in [3.63, 3.8) is 0 Å². The largest absolute Gasteiger partial charge is 0.378 e. The summed E-state index contributed by atoms with van der Waals surface area (Å²) in [4.78, 5) is 0. The number of hydrogen-bond donors (Lipinski definition) is 1. The summed E-state index contributed by atoms with van der Waals surface area (Å²) in [6.45, 7) is 6.41. The fraction of sp³-hybridized carbons (Fsp3) is 1.00. The summed E-state index contributed by atoms with van der Waals surface area (Å²) < 4.78 is 5.53. The van der Waals surface area contributed by atoms with Crippen molar-refractivity contribution >= 4 is 0 Å². The molecule has 1 N–H and O–H groups in total. The zero-order valence-corrected chi connectivity index (χ0v) is 10.4. The second kappa shape index (κ2) is 8.12. The highest BCUT2D eigenvalue weighted by Gasteiger charge is 2.28. The molecule has 90 valence electrons. The van der Waals surface area contributed by atoms with Gasteiger partial charge in [0.2, 0.25) is 0 Å². The molecule has 0 aliphatic heterocycles. The summed E-state index contributed by atoms with van der Waals surface area (Å²) >= 11 is 0. The van der Waals surface area contributed by atoms with Gasteiger partial charge in [-0.25, -0.2) is 0 Å². The van der Waals surface area contributed by atoms with E-state index >= 15 is 0 Å². The van der Waals surface area contributed by atoms with Crippen molar-refractivity contribution in [2.75, 3.05) is 13.2 Å². The Labute approximate surface area is 94.8 Å². The third-order valence-electron chi connectivity index (χ3n) is 3.21. The molecule has 0 aromatic heterocycles. The molecule has 1 fully saturated rings. The van der Waals surface area contributed by atoms with Gasteiger partial charge >= 0.3 is 0 Å². The molecule has 1 rings (SSSR count). The lowest BCUT2D eigenvalue weighted by Gasteiger charge is -2.35. The summed E-state index contributed by atoms with van der Waals surface area (Å²) in [6.07, 6.45) is 9.88. The van der Waals surface area contributed by atoms with Crippen molar-refractivity contribution in [3.8, 4) is 0 Å². The number of unbranched alkanes of at least 4 members (excludes halogenated alkanes) is 4. The zero-order chi connectivity index (χ0) is 10.9. The van der Waals surface area contributed by atoms with Gasteiger partial charge in [0.05, 0.1) is 6.10 Å². The molecule has 0 saturated heterocycles. The van der Waals surface area contributed by atoms with Crippen LogP contribution < -0.4 is 5.32 Å². The van der Waals surface area contributed by atoms with Gasteiger partial charge in [0.1, 0.15) is 0 Å². The van der Waals surface area contributed by atoms with Crippen molar-refractivity contribution in [1.29, 1.82) is 0 Å². The van der Waals surface area contributed by atoms with Gasteiger partial charge in [-0.3, -0.25) is 0 Å². The van der Waals surface area contributed by atoms with Gasteiger partial charge < -0.3 is 10.1 Å². The van der Waals surface area contributed by atoms with Crippen LogP contribution in [0.3, 0.4) is 0 Å². The smallest absolute Gasteiger partial charge is 0.0604 e. The van der Waals surface area contributed by atoms with Crippen LogP contribution in [0.5, 0.6) is 0 Å². The van der Waals surface area contributed by atoms with Crippen molar-refractivity contribution in [2.45, 2.75) is 70.9 Å². The van der Waals surface area contributed by atoms with E-state index in [2.05, 4.69) is 19.2 Å². The van der Waals surface area contributed by atoms with Crippen molar-refractivity contribution in [3.05, 3.63) is 0 Å². The molecule has 0 aromatic carbocycles. The van der Waals surface area contributed by atoms with Crippen LogP contribution in [0.4, 0.5) is 0 Å². The van der Waals surface area contributed by atoms with Gasteiger partial charge in [-0.1, -0.05) is 32.6 Å². The van der Waals surface area contributed by atoms with E-state index in [1.807, 2.05) is 0 Å². The van der Waals surface area contributed by atoms with Gasteiger partial charge in [0.25, 0.3) is 0 Å². The molecule has 0 bridgehead atoms. The molecule has 0 atom stereocenters. The van der Waals surface area contributed by atoms with E-state index in [1.54, 1.807) is 0 Å². The van der Waals surface area contributed by atoms with Crippen molar-refractivity contribution in [1.82, 2.24) is 5.32 Å².